The molecule has 2 aliphatic rings. The molecule has 84 valence electrons. The predicted molar refractivity (Wildman–Crippen MR) is 63.8 cm³/mol. The lowest BCUT2D eigenvalue weighted by Gasteiger charge is -2.41. The van der Waals surface area contributed by atoms with Crippen molar-refractivity contribution in [2.45, 2.75) is 13.0 Å². The predicted octanol–water partition coefficient (Wildman–Crippen LogP) is 0.725. The molecule has 0 aliphatic carbocycles. The Bertz CT molecular complexity index is 444. The fraction of sp³-hybridized carbons (Fsp3) is 0.417. The van der Waals surface area contributed by atoms with Crippen molar-refractivity contribution in [3.8, 4) is 0 Å². The molecule has 0 radical (unpaired) electrons. The van der Waals surface area contributed by atoms with Crippen LogP contribution in [-0.4, -0.2) is 31.6 Å². The van der Waals surface area contributed by atoms with Crippen LogP contribution in [0, 0.1) is 6.92 Å². The van der Waals surface area contributed by atoms with E-state index in [9.17, 15) is 4.79 Å². The Hall–Kier alpha value is -1.55. The molecule has 2 N–H and O–H groups in total. The zero-order chi connectivity index (χ0) is 11.1. The molecule has 1 unspecified atom stereocenters. The first-order valence-corrected chi connectivity index (χ1v) is 5.64. The van der Waals surface area contributed by atoms with Gasteiger partial charge in [0.15, 0.2) is 0 Å². The van der Waals surface area contributed by atoms with Crippen LogP contribution in [0.2, 0.25) is 0 Å². The minimum Gasteiger partial charge on any atom is -0.356 e. The van der Waals surface area contributed by atoms with Gasteiger partial charge in [-0.3, -0.25) is 4.79 Å². The number of carbonyl (C=O) groups excluding carboxylic acids is 1. The van der Waals surface area contributed by atoms with Crippen LogP contribution in [-0.2, 0) is 4.79 Å². The Morgan fingerprint density at radius 3 is 3.19 bits per heavy atom. The van der Waals surface area contributed by atoms with E-state index in [-0.39, 0.29) is 11.9 Å². The van der Waals surface area contributed by atoms with E-state index >= 15 is 0 Å². The number of hydrogen-bond acceptors (Lipinski definition) is 3. The highest BCUT2D eigenvalue weighted by Crippen LogP contribution is 2.33. The molecule has 3 rings (SSSR count). The first-order valence-electron chi connectivity index (χ1n) is 5.64. The van der Waals surface area contributed by atoms with Crippen LogP contribution in [0.25, 0.3) is 0 Å². The summed E-state index contributed by atoms with van der Waals surface area (Å²) >= 11 is 0. The van der Waals surface area contributed by atoms with Crippen LogP contribution in [0.5, 0.6) is 0 Å². The van der Waals surface area contributed by atoms with Crippen molar-refractivity contribution >= 4 is 17.3 Å². The lowest BCUT2D eigenvalue weighted by molar-refractivity contribution is -0.117. The highest BCUT2D eigenvalue weighted by Gasteiger charge is 2.34. The number of piperazine rings is 1. The number of aryl methyl sites for hydroxylation is 1. The third kappa shape index (κ3) is 1.38. The van der Waals surface area contributed by atoms with E-state index in [2.05, 4.69) is 28.5 Å². The average Bonchev–Trinajstić information content (AvgIpc) is 2.31. The lowest BCUT2D eigenvalue weighted by Crippen LogP contribution is -2.58. The van der Waals surface area contributed by atoms with Crippen molar-refractivity contribution in [1.82, 2.24) is 5.32 Å². The van der Waals surface area contributed by atoms with Gasteiger partial charge >= 0.3 is 0 Å². The molecule has 1 atom stereocenters. The van der Waals surface area contributed by atoms with E-state index in [1.807, 2.05) is 12.1 Å². The summed E-state index contributed by atoms with van der Waals surface area (Å²) in [5.41, 5.74) is 3.33. The van der Waals surface area contributed by atoms with E-state index in [0.717, 1.165) is 31.0 Å². The molecule has 4 nitrogen and oxygen atoms in total. The van der Waals surface area contributed by atoms with Crippen LogP contribution in [0.1, 0.15) is 5.56 Å². The second-order valence-corrected chi connectivity index (χ2v) is 4.42. The number of rotatable bonds is 0. The van der Waals surface area contributed by atoms with Crippen molar-refractivity contribution in [2.75, 3.05) is 29.9 Å². The molecule has 1 aromatic carbocycles. The third-order valence-electron chi connectivity index (χ3n) is 3.27. The Morgan fingerprint density at radius 1 is 1.44 bits per heavy atom. The lowest BCUT2D eigenvalue weighted by atomic mass is 10.0. The topological polar surface area (TPSA) is 44.4 Å². The summed E-state index contributed by atoms with van der Waals surface area (Å²) in [4.78, 5) is 14.1. The quantitative estimate of drug-likeness (QED) is 0.673. The molecule has 0 spiro atoms. The summed E-state index contributed by atoms with van der Waals surface area (Å²) in [6.45, 7) is 4.65. The summed E-state index contributed by atoms with van der Waals surface area (Å²) in [7, 11) is 0. The van der Waals surface area contributed by atoms with Gasteiger partial charge in [0.25, 0.3) is 0 Å². The van der Waals surface area contributed by atoms with Crippen molar-refractivity contribution in [1.29, 1.82) is 0 Å². The largest absolute Gasteiger partial charge is 0.356 e. The van der Waals surface area contributed by atoms with Gasteiger partial charge in [-0.05, 0) is 24.6 Å². The van der Waals surface area contributed by atoms with Gasteiger partial charge in [-0.25, -0.2) is 0 Å². The third-order valence-corrected chi connectivity index (χ3v) is 3.27. The number of fused-ring (bicyclic) bond motifs is 3. The molecule has 4 heteroatoms. The van der Waals surface area contributed by atoms with E-state index in [4.69, 9.17) is 0 Å². The molecule has 2 aliphatic heterocycles. The fourth-order valence-electron chi connectivity index (χ4n) is 2.43. The standard InChI is InChI=1S/C12H15N3O/c1-8-2-3-9-10(6-8)15-5-4-13-7-11(15)12(16)14-9/h2-3,6,11,13H,4-5,7H2,1H3,(H,14,16). The summed E-state index contributed by atoms with van der Waals surface area (Å²) in [5, 5.41) is 6.22. The highest BCUT2D eigenvalue weighted by atomic mass is 16.2. The van der Waals surface area contributed by atoms with Crippen molar-refractivity contribution in [3.63, 3.8) is 0 Å². The van der Waals surface area contributed by atoms with Gasteiger partial charge in [-0.1, -0.05) is 6.07 Å². The second kappa shape index (κ2) is 3.49. The number of nitrogens with one attached hydrogen (secondary N) is 2. The van der Waals surface area contributed by atoms with Gasteiger partial charge in [-0.15, -0.1) is 0 Å². The number of nitrogens with zero attached hydrogens (tertiary/aromatic N) is 1. The molecule has 0 bridgehead atoms. The molecular formula is C12H15N3O. The average molecular weight is 217 g/mol. The summed E-state index contributed by atoms with van der Waals surface area (Å²) in [6.07, 6.45) is 0. The molecule has 1 amide bonds. The van der Waals surface area contributed by atoms with Crippen molar-refractivity contribution < 1.29 is 4.79 Å². The van der Waals surface area contributed by atoms with E-state index in [1.54, 1.807) is 0 Å². The van der Waals surface area contributed by atoms with Gasteiger partial charge in [-0.2, -0.15) is 0 Å². The Morgan fingerprint density at radius 2 is 2.31 bits per heavy atom. The maximum absolute atomic E-state index is 11.9. The van der Waals surface area contributed by atoms with Crippen LogP contribution < -0.4 is 15.5 Å². The van der Waals surface area contributed by atoms with Gasteiger partial charge in [0.05, 0.1) is 11.4 Å². The number of anilines is 2. The highest BCUT2D eigenvalue weighted by molar-refractivity contribution is 6.04. The Kier molecular flexibility index (Phi) is 2.11. The second-order valence-electron chi connectivity index (χ2n) is 4.42. The van der Waals surface area contributed by atoms with E-state index in [0.29, 0.717) is 0 Å². The first-order chi connectivity index (χ1) is 7.75. The molecule has 16 heavy (non-hydrogen) atoms. The van der Waals surface area contributed by atoms with Crippen molar-refractivity contribution in [3.05, 3.63) is 23.8 Å². The molecule has 2 heterocycles. The number of hydrogen-bond donors (Lipinski definition) is 2. The smallest absolute Gasteiger partial charge is 0.248 e. The van der Waals surface area contributed by atoms with E-state index in [1.165, 1.54) is 5.56 Å². The minimum atomic E-state index is -0.0527. The molecule has 1 fully saturated rings. The van der Waals surface area contributed by atoms with Gasteiger partial charge in [0.1, 0.15) is 6.04 Å². The monoisotopic (exact) mass is 217 g/mol. The van der Waals surface area contributed by atoms with Crippen LogP contribution in [0.15, 0.2) is 18.2 Å². The molecule has 1 aromatic rings. The maximum atomic E-state index is 11.9. The molecule has 1 saturated heterocycles. The van der Waals surface area contributed by atoms with Crippen LogP contribution >= 0.6 is 0 Å². The SMILES string of the molecule is Cc1ccc2c(c1)N1CCNCC1C(=O)N2. The fourth-order valence-corrected chi connectivity index (χ4v) is 2.43. The van der Waals surface area contributed by atoms with Crippen LogP contribution in [0.4, 0.5) is 11.4 Å². The molecule has 0 aromatic heterocycles. The Labute approximate surface area is 94.6 Å². The van der Waals surface area contributed by atoms with Gasteiger partial charge in [0.2, 0.25) is 5.91 Å². The summed E-state index contributed by atoms with van der Waals surface area (Å²) in [6, 6.07) is 6.11. The van der Waals surface area contributed by atoms with Crippen molar-refractivity contribution in [2.24, 2.45) is 0 Å². The van der Waals surface area contributed by atoms with Gasteiger partial charge < -0.3 is 15.5 Å². The van der Waals surface area contributed by atoms with Gasteiger partial charge in [0, 0.05) is 19.6 Å². The normalized spacial score (nSPS) is 23.4. The number of carbonyl (C=O) groups is 1. The molecular weight excluding hydrogens is 202 g/mol. The summed E-state index contributed by atoms with van der Waals surface area (Å²) < 4.78 is 0. The Balaban J connectivity index is 2.07. The zero-order valence-corrected chi connectivity index (χ0v) is 9.29. The first kappa shape index (κ1) is 9.66. The van der Waals surface area contributed by atoms with Crippen LogP contribution in [0.3, 0.4) is 0 Å². The number of amides is 1. The number of benzene rings is 1. The minimum absolute atomic E-state index is 0.0527. The molecule has 0 saturated carbocycles. The van der Waals surface area contributed by atoms with E-state index < -0.39 is 0 Å². The maximum Gasteiger partial charge on any atom is 0.248 e. The zero-order valence-electron chi connectivity index (χ0n) is 9.29. The summed E-state index contributed by atoms with van der Waals surface area (Å²) in [5.74, 6) is 0.101.